The Morgan fingerprint density at radius 2 is 1.65 bits per heavy atom. The van der Waals surface area contributed by atoms with Gasteiger partial charge in [-0.15, -0.1) is 0 Å². The van der Waals surface area contributed by atoms with Crippen molar-refractivity contribution in [1.82, 2.24) is 0 Å². The Balaban J connectivity index is 2.49. The van der Waals surface area contributed by atoms with Crippen molar-refractivity contribution >= 4 is 23.4 Å². The van der Waals surface area contributed by atoms with E-state index in [0.717, 1.165) is 0 Å². The molecule has 4 N–H and O–H groups in total. The Kier molecular flexibility index (Phi) is 5.52. The molecule has 2 amide bonds. The van der Waals surface area contributed by atoms with Crippen LogP contribution in [0, 0.1) is 0 Å². The van der Waals surface area contributed by atoms with Gasteiger partial charge in [0.1, 0.15) is 0 Å². The summed E-state index contributed by atoms with van der Waals surface area (Å²) in [4.78, 5) is 22.7. The van der Waals surface area contributed by atoms with E-state index in [1.165, 1.54) is 7.11 Å². The van der Waals surface area contributed by atoms with E-state index < -0.39 is 6.09 Å². The second-order valence-electron chi connectivity index (χ2n) is 5.23. The molecule has 0 radical (unpaired) electrons. The smallest absolute Gasteiger partial charge is 0.411 e. The summed E-state index contributed by atoms with van der Waals surface area (Å²) < 4.78 is 4.48. The van der Waals surface area contributed by atoms with Crippen LogP contribution in [0.1, 0.15) is 26.7 Å². The highest BCUT2D eigenvalue weighted by atomic mass is 16.5. The number of methoxy groups -OCH3 is 1. The van der Waals surface area contributed by atoms with Crippen molar-refractivity contribution in [2.75, 3.05) is 17.7 Å². The van der Waals surface area contributed by atoms with E-state index in [1.54, 1.807) is 24.3 Å². The number of nitrogens with one attached hydrogen (secondary N) is 2. The number of nitrogens with two attached hydrogens (primary N) is 1. The van der Waals surface area contributed by atoms with Crippen molar-refractivity contribution < 1.29 is 14.3 Å². The molecular formula is C14H21N3O3. The molecule has 1 rings (SSSR count). The molecule has 1 aromatic rings. The third-order valence-electron chi connectivity index (χ3n) is 2.60. The summed E-state index contributed by atoms with van der Waals surface area (Å²) in [5, 5.41) is 5.30. The molecule has 0 unspecified atom stereocenters. The molecule has 0 bridgehead atoms. The second-order valence-corrected chi connectivity index (χ2v) is 5.23. The van der Waals surface area contributed by atoms with Crippen molar-refractivity contribution in [2.24, 2.45) is 5.73 Å². The van der Waals surface area contributed by atoms with Crippen LogP contribution < -0.4 is 16.4 Å². The van der Waals surface area contributed by atoms with E-state index in [9.17, 15) is 9.59 Å². The number of hydrogen-bond acceptors (Lipinski definition) is 4. The number of rotatable bonds is 5. The van der Waals surface area contributed by atoms with Gasteiger partial charge in [-0.3, -0.25) is 10.1 Å². The summed E-state index contributed by atoms with van der Waals surface area (Å²) in [6.07, 6.45) is 0.443. The number of hydrogen-bond donors (Lipinski definition) is 3. The van der Waals surface area contributed by atoms with Crippen LogP contribution in [0.25, 0.3) is 0 Å². The molecule has 0 spiro atoms. The lowest BCUT2D eigenvalue weighted by atomic mass is 10.00. The molecule has 0 aliphatic heterocycles. The van der Waals surface area contributed by atoms with E-state index in [2.05, 4.69) is 15.4 Å². The first-order chi connectivity index (χ1) is 9.30. The van der Waals surface area contributed by atoms with Gasteiger partial charge in [-0.1, -0.05) is 0 Å². The van der Waals surface area contributed by atoms with Gasteiger partial charge in [0.2, 0.25) is 5.91 Å². The van der Waals surface area contributed by atoms with Gasteiger partial charge in [0.05, 0.1) is 7.11 Å². The van der Waals surface area contributed by atoms with Crippen LogP contribution in [0.3, 0.4) is 0 Å². The molecule has 6 heteroatoms. The highest BCUT2D eigenvalue weighted by Gasteiger charge is 2.13. The number of amides is 2. The summed E-state index contributed by atoms with van der Waals surface area (Å²) in [5.74, 6) is -0.0859. The standard InChI is InChI=1S/C14H21N3O3/c1-14(2,15)9-8-12(18)16-10-4-6-11(7-5-10)17-13(19)20-3/h4-7H,8-9,15H2,1-3H3,(H,16,18)(H,17,19). The van der Waals surface area contributed by atoms with E-state index in [4.69, 9.17) is 5.73 Å². The predicted octanol–water partition coefficient (Wildman–Crippen LogP) is 2.32. The maximum absolute atomic E-state index is 11.7. The van der Waals surface area contributed by atoms with E-state index >= 15 is 0 Å². The molecular weight excluding hydrogens is 258 g/mol. The molecule has 0 saturated carbocycles. The van der Waals surface area contributed by atoms with Crippen LogP contribution in [0.4, 0.5) is 16.2 Å². The van der Waals surface area contributed by atoms with Crippen molar-refractivity contribution in [3.8, 4) is 0 Å². The molecule has 0 aliphatic rings. The Labute approximate surface area is 118 Å². The summed E-state index contributed by atoms with van der Waals surface area (Å²) >= 11 is 0. The Morgan fingerprint density at radius 1 is 1.15 bits per heavy atom. The quantitative estimate of drug-likeness (QED) is 0.771. The van der Waals surface area contributed by atoms with Gasteiger partial charge < -0.3 is 15.8 Å². The first kappa shape index (κ1) is 16.0. The summed E-state index contributed by atoms with van der Waals surface area (Å²) in [7, 11) is 1.29. The Hall–Kier alpha value is -2.08. The Bertz CT molecular complexity index is 464. The zero-order valence-electron chi connectivity index (χ0n) is 12.0. The predicted molar refractivity (Wildman–Crippen MR) is 78.6 cm³/mol. The van der Waals surface area contributed by atoms with Crippen molar-refractivity contribution in [3.63, 3.8) is 0 Å². The molecule has 0 aliphatic carbocycles. The minimum absolute atomic E-state index is 0.0859. The average molecular weight is 279 g/mol. The lowest BCUT2D eigenvalue weighted by Gasteiger charge is -2.17. The lowest BCUT2D eigenvalue weighted by molar-refractivity contribution is -0.116. The third kappa shape index (κ3) is 6.19. The van der Waals surface area contributed by atoms with Crippen LogP contribution in [0.2, 0.25) is 0 Å². The molecule has 110 valence electrons. The fourth-order valence-corrected chi connectivity index (χ4v) is 1.46. The number of carbonyl (C=O) groups excluding carboxylic acids is 2. The monoisotopic (exact) mass is 279 g/mol. The normalized spacial score (nSPS) is 10.8. The molecule has 0 fully saturated rings. The zero-order valence-corrected chi connectivity index (χ0v) is 12.0. The highest BCUT2D eigenvalue weighted by molar-refractivity contribution is 5.91. The maximum Gasteiger partial charge on any atom is 0.411 e. The summed E-state index contributed by atoms with van der Waals surface area (Å²) in [5.41, 5.74) is 6.73. The molecule has 0 atom stereocenters. The molecule has 0 aromatic heterocycles. The van der Waals surface area contributed by atoms with Gasteiger partial charge in [-0.25, -0.2) is 4.79 Å². The minimum Gasteiger partial charge on any atom is -0.453 e. The second kappa shape index (κ2) is 6.91. The first-order valence-corrected chi connectivity index (χ1v) is 6.34. The molecule has 1 aromatic carbocycles. The molecule has 20 heavy (non-hydrogen) atoms. The minimum atomic E-state index is -0.535. The van der Waals surface area contributed by atoms with Gasteiger partial charge in [0.25, 0.3) is 0 Å². The first-order valence-electron chi connectivity index (χ1n) is 6.34. The topological polar surface area (TPSA) is 93.5 Å². The van der Waals surface area contributed by atoms with Crippen LogP contribution in [-0.4, -0.2) is 24.6 Å². The molecule has 0 heterocycles. The van der Waals surface area contributed by atoms with Gasteiger partial charge in [0.15, 0.2) is 0 Å². The van der Waals surface area contributed by atoms with E-state index in [1.807, 2.05) is 13.8 Å². The van der Waals surface area contributed by atoms with Crippen LogP contribution in [0.5, 0.6) is 0 Å². The molecule has 6 nitrogen and oxygen atoms in total. The van der Waals surface area contributed by atoms with Crippen LogP contribution in [0.15, 0.2) is 24.3 Å². The lowest BCUT2D eigenvalue weighted by Crippen LogP contribution is -2.33. The average Bonchev–Trinajstić information content (AvgIpc) is 2.38. The number of ether oxygens (including phenoxy) is 1. The third-order valence-corrected chi connectivity index (χ3v) is 2.60. The Morgan fingerprint density at radius 3 is 2.10 bits per heavy atom. The summed E-state index contributed by atoms with van der Waals surface area (Å²) in [6.45, 7) is 3.76. The van der Waals surface area contributed by atoms with E-state index in [0.29, 0.717) is 24.2 Å². The van der Waals surface area contributed by atoms with Crippen LogP contribution >= 0.6 is 0 Å². The number of carbonyl (C=O) groups is 2. The van der Waals surface area contributed by atoms with Gasteiger partial charge in [0, 0.05) is 23.3 Å². The largest absolute Gasteiger partial charge is 0.453 e. The van der Waals surface area contributed by atoms with Crippen molar-refractivity contribution in [3.05, 3.63) is 24.3 Å². The number of anilines is 2. The fraction of sp³-hybridized carbons (Fsp3) is 0.429. The van der Waals surface area contributed by atoms with Crippen molar-refractivity contribution in [1.29, 1.82) is 0 Å². The van der Waals surface area contributed by atoms with Gasteiger partial charge in [-0.2, -0.15) is 0 Å². The maximum atomic E-state index is 11.7. The van der Waals surface area contributed by atoms with E-state index in [-0.39, 0.29) is 11.4 Å². The van der Waals surface area contributed by atoms with Gasteiger partial charge >= 0.3 is 6.09 Å². The zero-order chi connectivity index (χ0) is 15.2. The number of benzene rings is 1. The summed E-state index contributed by atoms with van der Waals surface area (Å²) in [6, 6.07) is 6.77. The molecule has 0 saturated heterocycles. The van der Waals surface area contributed by atoms with Crippen LogP contribution in [-0.2, 0) is 9.53 Å². The SMILES string of the molecule is COC(=O)Nc1ccc(NC(=O)CCC(C)(C)N)cc1. The highest BCUT2D eigenvalue weighted by Crippen LogP contribution is 2.15. The van der Waals surface area contributed by atoms with Crippen molar-refractivity contribution in [2.45, 2.75) is 32.2 Å². The van der Waals surface area contributed by atoms with Gasteiger partial charge in [-0.05, 0) is 44.5 Å². The fourth-order valence-electron chi connectivity index (χ4n) is 1.46.